The second-order valence-electron chi connectivity index (χ2n) is 9.97. The topological polar surface area (TPSA) is 96.4 Å². The molecule has 4 aliphatic heterocycles. The summed E-state index contributed by atoms with van der Waals surface area (Å²) in [4.78, 5) is 44.9. The van der Waals surface area contributed by atoms with Gasteiger partial charge in [0.2, 0.25) is 11.8 Å². The zero-order chi connectivity index (χ0) is 24.5. The Kier molecular flexibility index (Phi) is 7.20. The summed E-state index contributed by atoms with van der Waals surface area (Å²) in [5.74, 6) is -2.45. The number of rotatable bonds is 8. The van der Waals surface area contributed by atoms with Crippen LogP contribution in [0.15, 0.2) is 24.3 Å². The molecule has 0 aromatic heterocycles. The summed E-state index contributed by atoms with van der Waals surface area (Å²) in [6, 6.07) is -0.828. The Morgan fingerprint density at radius 1 is 1.12 bits per heavy atom. The molecule has 0 saturated carbocycles. The Morgan fingerprint density at radius 2 is 1.91 bits per heavy atom. The van der Waals surface area contributed by atoms with Gasteiger partial charge in [-0.15, -0.1) is 0 Å². The van der Waals surface area contributed by atoms with Gasteiger partial charge >= 0.3 is 5.97 Å². The third-order valence-corrected chi connectivity index (χ3v) is 7.98. The number of likely N-dealkylation sites (tertiary alicyclic amines) is 1. The van der Waals surface area contributed by atoms with Crippen LogP contribution in [-0.2, 0) is 23.9 Å². The third kappa shape index (κ3) is 3.79. The van der Waals surface area contributed by atoms with Crippen LogP contribution in [0, 0.1) is 11.8 Å². The summed E-state index contributed by atoms with van der Waals surface area (Å²) in [6.07, 6.45) is 11.7. The number of aliphatic hydroxyl groups is 1. The fourth-order valence-electron chi connectivity index (χ4n) is 6.35. The highest BCUT2D eigenvalue weighted by molar-refractivity contribution is 5.99. The zero-order valence-electron chi connectivity index (χ0n) is 20.6. The Morgan fingerprint density at radius 3 is 2.62 bits per heavy atom. The van der Waals surface area contributed by atoms with Crippen molar-refractivity contribution in [3.8, 4) is 0 Å². The molecule has 0 aliphatic carbocycles. The van der Waals surface area contributed by atoms with Crippen LogP contribution in [0.4, 0.5) is 0 Å². The maximum absolute atomic E-state index is 14.1. The van der Waals surface area contributed by atoms with E-state index in [1.165, 1.54) is 0 Å². The normalized spacial score (nSPS) is 35.9. The van der Waals surface area contributed by atoms with Gasteiger partial charge in [0.15, 0.2) is 0 Å². The number of aliphatic hydroxyl groups excluding tert-OH is 1. The molecule has 0 aromatic carbocycles. The minimum Gasteiger partial charge on any atom is -0.465 e. The lowest BCUT2D eigenvalue weighted by Crippen LogP contribution is -2.57. The van der Waals surface area contributed by atoms with Crippen molar-refractivity contribution in [1.82, 2.24) is 9.80 Å². The number of carbonyl (C=O) groups excluding carboxylic acids is 3. The van der Waals surface area contributed by atoms with E-state index in [0.717, 1.165) is 12.8 Å². The van der Waals surface area contributed by atoms with Crippen molar-refractivity contribution in [2.75, 3.05) is 26.3 Å². The fraction of sp³-hybridized carbons (Fsp3) is 0.731. The summed E-state index contributed by atoms with van der Waals surface area (Å²) in [6.45, 7) is 7.13. The van der Waals surface area contributed by atoms with Gasteiger partial charge < -0.3 is 24.4 Å². The monoisotopic (exact) mass is 474 g/mol. The molecule has 0 aromatic rings. The van der Waals surface area contributed by atoms with Crippen molar-refractivity contribution in [2.45, 2.75) is 82.6 Å². The standard InChI is InChI=1S/C26H38N2O6/c1-4-11-18(3)27-15-10-13-26-19(22(30)28(14-7-8-16-29)21(26)23(27)31)20-24(32)33-17-9-6-12-25(20,5-2)34-26/h6,10,12-13,18-21,29H,4-5,7-9,11,14-17H2,1-3H3/t18?,19-,20-,21?,25+,26-/m0/s1. The second-order valence-corrected chi connectivity index (χ2v) is 9.97. The Balaban J connectivity index is 1.83. The summed E-state index contributed by atoms with van der Waals surface area (Å²) in [7, 11) is 0. The van der Waals surface area contributed by atoms with Gasteiger partial charge in [-0.2, -0.15) is 0 Å². The molecule has 8 nitrogen and oxygen atoms in total. The average molecular weight is 475 g/mol. The molecule has 4 heterocycles. The maximum Gasteiger partial charge on any atom is 0.313 e. The number of esters is 1. The number of unbranched alkanes of at least 4 members (excludes halogenated alkanes) is 1. The fourth-order valence-corrected chi connectivity index (χ4v) is 6.35. The van der Waals surface area contributed by atoms with Crippen LogP contribution in [0.2, 0.25) is 0 Å². The first-order chi connectivity index (χ1) is 16.4. The maximum atomic E-state index is 14.1. The summed E-state index contributed by atoms with van der Waals surface area (Å²) in [5, 5.41) is 9.30. The van der Waals surface area contributed by atoms with Crippen molar-refractivity contribution in [3.63, 3.8) is 0 Å². The smallest absolute Gasteiger partial charge is 0.313 e. The van der Waals surface area contributed by atoms with Crippen LogP contribution in [0.25, 0.3) is 0 Å². The molecule has 2 amide bonds. The van der Waals surface area contributed by atoms with Crippen LogP contribution in [0.5, 0.6) is 0 Å². The number of ether oxygens (including phenoxy) is 2. The number of amides is 2. The minimum atomic E-state index is -1.23. The van der Waals surface area contributed by atoms with Gasteiger partial charge in [0.1, 0.15) is 23.2 Å². The number of hydrogen-bond acceptors (Lipinski definition) is 6. The third-order valence-electron chi connectivity index (χ3n) is 7.98. The molecule has 2 fully saturated rings. The molecular weight excluding hydrogens is 436 g/mol. The second kappa shape index (κ2) is 9.82. The van der Waals surface area contributed by atoms with E-state index in [0.29, 0.717) is 38.8 Å². The molecule has 2 saturated heterocycles. The predicted octanol–water partition coefficient (Wildman–Crippen LogP) is 2.21. The van der Waals surface area contributed by atoms with Gasteiger partial charge in [0, 0.05) is 25.7 Å². The van der Waals surface area contributed by atoms with E-state index < -0.39 is 35.0 Å². The Labute approximate surface area is 201 Å². The molecule has 4 rings (SSSR count). The highest BCUT2D eigenvalue weighted by Gasteiger charge is 2.75. The van der Waals surface area contributed by atoms with E-state index >= 15 is 0 Å². The molecule has 2 unspecified atom stereocenters. The van der Waals surface area contributed by atoms with Crippen molar-refractivity contribution >= 4 is 17.8 Å². The van der Waals surface area contributed by atoms with Crippen LogP contribution in [0.1, 0.15) is 59.3 Å². The molecule has 0 radical (unpaired) electrons. The molecule has 34 heavy (non-hydrogen) atoms. The molecule has 0 bridgehead atoms. The molecule has 1 spiro atoms. The minimum absolute atomic E-state index is 0.0178. The largest absolute Gasteiger partial charge is 0.465 e. The highest BCUT2D eigenvalue weighted by Crippen LogP contribution is 2.58. The quantitative estimate of drug-likeness (QED) is 0.329. The number of nitrogens with zero attached hydrogens (tertiary/aromatic N) is 2. The number of carbonyl (C=O) groups is 3. The summed E-state index contributed by atoms with van der Waals surface area (Å²) < 4.78 is 12.4. The first-order valence-electron chi connectivity index (χ1n) is 12.8. The molecule has 6 atom stereocenters. The molecular formula is C26H38N2O6. The number of fused-ring (bicyclic) bond motifs is 2. The Bertz CT molecular complexity index is 871. The zero-order valence-corrected chi connectivity index (χ0v) is 20.6. The van der Waals surface area contributed by atoms with Crippen LogP contribution >= 0.6 is 0 Å². The van der Waals surface area contributed by atoms with Gasteiger partial charge in [-0.1, -0.05) is 44.6 Å². The van der Waals surface area contributed by atoms with E-state index in [9.17, 15) is 19.5 Å². The van der Waals surface area contributed by atoms with Crippen LogP contribution in [-0.4, -0.2) is 82.3 Å². The van der Waals surface area contributed by atoms with E-state index in [1.807, 2.05) is 43.1 Å². The number of cyclic esters (lactones) is 1. The van der Waals surface area contributed by atoms with Gasteiger partial charge in [0.05, 0.1) is 12.5 Å². The van der Waals surface area contributed by atoms with Gasteiger partial charge in [-0.3, -0.25) is 14.4 Å². The highest BCUT2D eigenvalue weighted by atomic mass is 16.6. The average Bonchev–Trinajstić information content (AvgIpc) is 3.14. The van der Waals surface area contributed by atoms with Crippen LogP contribution in [0.3, 0.4) is 0 Å². The van der Waals surface area contributed by atoms with Gasteiger partial charge in [0.25, 0.3) is 0 Å². The van der Waals surface area contributed by atoms with Crippen LogP contribution < -0.4 is 0 Å². The molecule has 8 heteroatoms. The lowest BCUT2D eigenvalue weighted by Gasteiger charge is -2.39. The van der Waals surface area contributed by atoms with Crippen molar-refractivity contribution in [2.24, 2.45) is 11.8 Å². The van der Waals surface area contributed by atoms with E-state index in [1.54, 1.807) is 4.90 Å². The van der Waals surface area contributed by atoms with Crippen molar-refractivity contribution in [1.29, 1.82) is 0 Å². The van der Waals surface area contributed by atoms with Crippen molar-refractivity contribution in [3.05, 3.63) is 24.3 Å². The van der Waals surface area contributed by atoms with Crippen molar-refractivity contribution < 1.29 is 29.0 Å². The molecule has 4 aliphatic rings. The Hall–Kier alpha value is -2.19. The SMILES string of the molecule is CCCC(C)N1CC=C[C@]23O[C@]4(CC)C=CCCOC(=O)[C@@H]4[C@H]2C(=O)N(CCCCO)C3C1=O. The van der Waals surface area contributed by atoms with Gasteiger partial charge in [-0.25, -0.2) is 0 Å². The first kappa shape index (κ1) is 24.9. The van der Waals surface area contributed by atoms with Gasteiger partial charge in [-0.05, 0) is 39.0 Å². The molecule has 188 valence electrons. The first-order valence-corrected chi connectivity index (χ1v) is 12.8. The lowest BCUT2D eigenvalue weighted by molar-refractivity contribution is -0.162. The summed E-state index contributed by atoms with van der Waals surface area (Å²) in [5.41, 5.74) is -2.23. The van der Waals surface area contributed by atoms with E-state index in [4.69, 9.17) is 9.47 Å². The lowest BCUT2D eigenvalue weighted by atomic mass is 9.73. The van der Waals surface area contributed by atoms with E-state index in [-0.39, 0.29) is 31.1 Å². The molecule has 1 N–H and O–H groups in total. The predicted molar refractivity (Wildman–Crippen MR) is 126 cm³/mol. The van der Waals surface area contributed by atoms with E-state index in [2.05, 4.69) is 6.92 Å². The number of hydrogen-bond donors (Lipinski definition) is 1. The summed E-state index contributed by atoms with van der Waals surface area (Å²) >= 11 is 0.